The average molecular weight is 757 g/mol. The number of aromatic nitrogens is 4. The topological polar surface area (TPSA) is 203 Å². The molecule has 14 heteroatoms. The number of phenols is 2. The number of benzene rings is 2. The standard InChI is InChI=1S/C41H56N8O6/c1-2-3-4-5-6-7-8-9-11-38(52)46-36(25-31-14-18-34(51)19-15-31)40(54)48-37(26-32-27-43-28-45-32)41(55)47-35(24-30-12-16-33(50)17-13-30)39(53)44-20-10-22-49-23-21-42-29-49/h12-19,21,23,27-29,35-37,50-51H,2-11,20,22,24-26H2,1H3,(H,43,45)(H,44,53)(H,46,52)(H,47,55)(H,48,54)/t35-,36-,37-/m0/s1. The van der Waals surface area contributed by atoms with E-state index >= 15 is 0 Å². The van der Waals surface area contributed by atoms with E-state index in [2.05, 4.69) is 43.1 Å². The number of imidazole rings is 2. The van der Waals surface area contributed by atoms with Gasteiger partial charge in [-0.2, -0.15) is 0 Å². The second-order valence-corrected chi connectivity index (χ2v) is 13.9. The van der Waals surface area contributed by atoms with Crippen LogP contribution in [0.4, 0.5) is 0 Å². The lowest BCUT2D eigenvalue weighted by Gasteiger charge is -2.25. The fraction of sp³-hybridized carbons (Fsp3) is 0.463. The van der Waals surface area contributed by atoms with Crippen molar-refractivity contribution in [3.8, 4) is 11.5 Å². The number of phenolic OH excluding ortho intramolecular Hbond substituents is 2. The monoisotopic (exact) mass is 756 g/mol. The molecule has 0 saturated carbocycles. The minimum atomic E-state index is -1.14. The summed E-state index contributed by atoms with van der Waals surface area (Å²) in [5.41, 5.74) is 1.99. The number of nitrogens with one attached hydrogen (secondary N) is 5. The zero-order valence-corrected chi connectivity index (χ0v) is 31.7. The van der Waals surface area contributed by atoms with Crippen LogP contribution in [0.2, 0.25) is 0 Å². The highest BCUT2D eigenvalue weighted by Crippen LogP contribution is 2.15. The summed E-state index contributed by atoms with van der Waals surface area (Å²) in [4.78, 5) is 65.9. The van der Waals surface area contributed by atoms with Crippen LogP contribution in [0.5, 0.6) is 11.5 Å². The first-order chi connectivity index (χ1) is 26.7. The zero-order chi connectivity index (χ0) is 39.3. The van der Waals surface area contributed by atoms with Crippen LogP contribution in [0, 0.1) is 0 Å². The number of hydrogen-bond acceptors (Lipinski definition) is 8. The Bertz CT molecular complexity index is 1710. The van der Waals surface area contributed by atoms with Crippen molar-refractivity contribution in [3.63, 3.8) is 0 Å². The summed E-state index contributed by atoms with van der Waals surface area (Å²) < 4.78 is 1.90. The summed E-state index contributed by atoms with van der Waals surface area (Å²) in [6.07, 6.45) is 18.1. The van der Waals surface area contributed by atoms with Crippen molar-refractivity contribution in [2.75, 3.05) is 6.54 Å². The Labute approximate surface area is 322 Å². The Morgan fingerprint density at radius 1 is 0.691 bits per heavy atom. The van der Waals surface area contributed by atoms with Crippen LogP contribution in [0.3, 0.4) is 0 Å². The number of hydrogen-bond donors (Lipinski definition) is 7. The van der Waals surface area contributed by atoms with Crippen LogP contribution in [-0.2, 0) is 45.0 Å². The first-order valence-electron chi connectivity index (χ1n) is 19.4. The van der Waals surface area contributed by atoms with E-state index in [-0.39, 0.29) is 43.1 Å². The molecule has 296 valence electrons. The number of amides is 4. The van der Waals surface area contributed by atoms with E-state index in [0.29, 0.717) is 42.8 Å². The molecule has 4 aromatic rings. The zero-order valence-electron chi connectivity index (χ0n) is 31.7. The predicted molar refractivity (Wildman–Crippen MR) is 209 cm³/mol. The van der Waals surface area contributed by atoms with E-state index in [0.717, 1.165) is 19.3 Å². The van der Waals surface area contributed by atoms with E-state index in [1.165, 1.54) is 56.3 Å². The Kier molecular flexibility index (Phi) is 17.7. The van der Waals surface area contributed by atoms with Gasteiger partial charge in [-0.25, -0.2) is 9.97 Å². The summed E-state index contributed by atoms with van der Waals surface area (Å²) in [6, 6.07) is 9.58. The normalized spacial score (nSPS) is 12.7. The molecule has 0 aliphatic heterocycles. The van der Waals surface area contributed by atoms with Crippen LogP contribution in [0.15, 0.2) is 79.8 Å². The van der Waals surface area contributed by atoms with Gasteiger partial charge in [-0.05, 0) is 48.2 Å². The van der Waals surface area contributed by atoms with Gasteiger partial charge in [-0.15, -0.1) is 0 Å². The minimum Gasteiger partial charge on any atom is -0.508 e. The summed E-state index contributed by atoms with van der Waals surface area (Å²) >= 11 is 0. The van der Waals surface area contributed by atoms with Gasteiger partial charge in [0.1, 0.15) is 29.6 Å². The average Bonchev–Trinajstić information content (AvgIpc) is 3.90. The number of carbonyl (C=O) groups is 4. The Morgan fingerprint density at radius 2 is 1.25 bits per heavy atom. The third kappa shape index (κ3) is 15.7. The number of rotatable bonds is 25. The minimum absolute atomic E-state index is 0.0359. The van der Waals surface area contributed by atoms with Gasteiger partial charge < -0.3 is 41.0 Å². The van der Waals surface area contributed by atoms with Gasteiger partial charge in [0.25, 0.3) is 0 Å². The van der Waals surface area contributed by atoms with Crippen molar-refractivity contribution >= 4 is 23.6 Å². The molecule has 55 heavy (non-hydrogen) atoms. The lowest BCUT2D eigenvalue weighted by molar-refractivity contribution is -0.133. The first-order valence-corrected chi connectivity index (χ1v) is 19.4. The number of aromatic amines is 1. The van der Waals surface area contributed by atoms with E-state index < -0.39 is 35.8 Å². The molecule has 7 N–H and O–H groups in total. The molecule has 4 amide bonds. The lowest BCUT2D eigenvalue weighted by Crippen LogP contribution is -2.58. The van der Waals surface area contributed by atoms with Gasteiger partial charge >= 0.3 is 0 Å². The Hall–Kier alpha value is -5.66. The van der Waals surface area contributed by atoms with E-state index in [9.17, 15) is 29.4 Å². The number of unbranched alkanes of at least 4 members (excludes halogenated alkanes) is 7. The third-order valence-electron chi connectivity index (χ3n) is 9.36. The maximum Gasteiger partial charge on any atom is 0.243 e. The number of nitrogens with zero attached hydrogens (tertiary/aromatic N) is 3. The molecule has 0 aliphatic carbocycles. The van der Waals surface area contributed by atoms with Gasteiger partial charge in [-0.3, -0.25) is 19.2 Å². The molecule has 0 bridgehead atoms. The number of aryl methyl sites for hydroxylation is 1. The van der Waals surface area contributed by atoms with Crippen molar-refractivity contribution in [2.24, 2.45) is 0 Å². The molecule has 0 aliphatic rings. The molecule has 2 aromatic carbocycles. The van der Waals surface area contributed by atoms with Gasteiger partial charge in [-0.1, -0.05) is 76.1 Å². The van der Waals surface area contributed by atoms with Crippen LogP contribution >= 0.6 is 0 Å². The van der Waals surface area contributed by atoms with Crippen LogP contribution < -0.4 is 21.3 Å². The molecular formula is C41H56N8O6. The van der Waals surface area contributed by atoms with E-state index in [4.69, 9.17) is 0 Å². The van der Waals surface area contributed by atoms with Crippen LogP contribution in [0.1, 0.15) is 88.0 Å². The molecule has 0 spiro atoms. The molecular weight excluding hydrogens is 701 g/mol. The van der Waals surface area contributed by atoms with Gasteiger partial charge in [0.2, 0.25) is 23.6 Å². The Balaban J connectivity index is 1.45. The highest BCUT2D eigenvalue weighted by atomic mass is 16.3. The van der Waals surface area contributed by atoms with E-state index in [1.54, 1.807) is 43.0 Å². The number of aromatic hydroxyl groups is 2. The van der Waals surface area contributed by atoms with Gasteiger partial charge in [0.05, 0.1) is 12.7 Å². The van der Waals surface area contributed by atoms with E-state index in [1.807, 2.05) is 10.8 Å². The predicted octanol–water partition coefficient (Wildman–Crippen LogP) is 4.24. The SMILES string of the molecule is CCCCCCCCCCC(=O)N[C@@H](Cc1ccc(O)cc1)C(=O)N[C@@H](Cc1cnc[nH]1)C(=O)N[C@@H](Cc1ccc(O)cc1)C(=O)NCCCn1ccnc1. The van der Waals surface area contributed by atoms with Crippen molar-refractivity contribution in [1.29, 1.82) is 0 Å². The van der Waals surface area contributed by atoms with Crippen molar-refractivity contribution in [2.45, 2.75) is 115 Å². The van der Waals surface area contributed by atoms with Crippen molar-refractivity contribution in [1.82, 2.24) is 40.8 Å². The molecule has 0 unspecified atom stereocenters. The maximum absolute atomic E-state index is 14.1. The quantitative estimate of drug-likeness (QED) is 0.0487. The number of H-pyrrole nitrogens is 1. The largest absolute Gasteiger partial charge is 0.508 e. The van der Waals surface area contributed by atoms with Crippen LogP contribution in [-0.4, -0.2) is 78.0 Å². The van der Waals surface area contributed by atoms with Crippen molar-refractivity contribution in [3.05, 3.63) is 96.6 Å². The molecule has 0 fully saturated rings. The molecule has 2 aromatic heterocycles. The molecule has 2 heterocycles. The second-order valence-electron chi connectivity index (χ2n) is 13.9. The highest BCUT2D eigenvalue weighted by molar-refractivity contribution is 5.94. The fourth-order valence-electron chi connectivity index (χ4n) is 6.23. The number of carbonyl (C=O) groups excluding carboxylic acids is 4. The molecule has 14 nitrogen and oxygen atoms in total. The second kappa shape index (κ2) is 23.2. The molecule has 3 atom stereocenters. The first kappa shape index (κ1) is 42.1. The van der Waals surface area contributed by atoms with Crippen molar-refractivity contribution < 1.29 is 29.4 Å². The Morgan fingerprint density at radius 3 is 1.80 bits per heavy atom. The molecule has 0 saturated heterocycles. The molecule has 4 rings (SSSR count). The van der Waals surface area contributed by atoms with Gasteiger partial charge in [0.15, 0.2) is 0 Å². The van der Waals surface area contributed by atoms with Gasteiger partial charge in [0, 0.05) is 63.1 Å². The highest BCUT2D eigenvalue weighted by Gasteiger charge is 2.30. The summed E-state index contributed by atoms with van der Waals surface area (Å²) in [5.74, 6) is -1.70. The summed E-state index contributed by atoms with van der Waals surface area (Å²) in [7, 11) is 0. The summed E-state index contributed by atoms with van der Waals surface area (Å²) in [5, 5.41) is 31.1. The van der Waals surface area contributed by atoms with Crippen LogP contribution in [0.25, 0.3) is 0 Å². The third-order valence-corrected chi connectivity index (χ3v) is 9.36. The smallest absolute Gasteiger partial charge is 0.243 e. The lowest BCUT2D eigenvalue weighted by atomic mass is 10.0. The summed E-state index contributed by atoms with van der Waals surface area (Å²) in [6.45, 7) is 3.19. The fourth-order valence-corrected chi connectivity index (χ4v) is 6.23. The molecule has 0 radical (unpaired) electrons. The maximum atomic E-state index is 14.1.